The van der Waals surface area contributed by atoms with Crippen LogP contribution in [0.25, 0.3) is 10.9 Å². The van der Waals surface area contributed by atoms with Gasteiger partial charge < -0.3 is 9.90 Å². The molecule has 70 valence electrons. The van der Waals surface area contributed by atoms with Gasteiger partial charge in [-0.1, -0.05) is 22.9 Å². The molecule has 0 saturated carbocycles. The number of fused-ring (bicyclic) bond motifs is 1. The van der Waals surface area contributed by atoms with Gasteiger partial charge in [0.15, 0.2) is 6.20 Å². The van der Waals surface area contributed by atoms with Crippen molar-refractivity contribution in [1.29, 1.82) is 0 Å². The third-order valence-corrected chi connectivity index (χ3v) is 1.89. The number of aliphatic carboxylic acids is 1. The number of aromatic nitrogens is 2. The number of carboxylic acid groups (broad SMARTS) is 1. The lowest BCUT2D eigenvalue weighted by molar-refractivity contribution is -0.745. The Morgan fingerprint density at radius 3 is 2.93 bits per heavy atom. The van der Waals surface area contributed by atoms with Gasteiger partial charge in [0.1, 0.15) is 11.5 Å². The zero-order chi connectivity index (χ0) is 9.97. The zero-order valence-electron chi connectivity index (χ0n) is 7.38. The van der Waals surface area contributed by atoms with Crippen molar-refractivity contribution in [2.45, 2.75) is 6.54 Å². The SMILES string of the molecule is O=C([O-])C[n+]1ccc2ccccc2n1. The van der Waals surface area contributed by atoms with Crippen molar-refractivity contribution in [2.75, 3.05) is 0 Å². The molecule has 0 aliphatic carbocycles. The largest absolute Gasteiger partial charge is 0.544 e. The molecule has 14 heavy (non-hydrogen) atoms. The highest BCUT2D eigenvalue weighted by molar-refractivity contribution is 5.76. The number of nitrogens with zero attached hydrogens (tertiary/aromatic N) is 2. The van der Waals surface area contributed by atoms with E-state index >= 15 is 0 Å². The fraction of sp³-hybridized carbons (Fsp3) is 0.100. The van der Waals surface area contributed by atoms with E-state index in [1.165, 1.54) is 4.68 Å². The van der Waals surface area contributed by atoms with E-state index in [0.29, 0.717) is 0 Å². The van der Waals surface area contributed by atoms with Gasteiger partial charge in [-0.05, 0) is 6.07 Å². The molecule has 0 aliphatic rings. The normalized spacial score (nSPS) is 10.3. The average Bonchev–Trinajstić information content (AvgIpc) is 2.17. The van der Waals surface area contributed by atoms with Gasteiger partial charge in [0.25, 0.3) is 0 Å². The molecule has 1 aromatic carbocycles. The van der Waals surface area contributed by atoms with Crippen LogP contribution in [0.2, 0.25) is 0 Å². The molecule has 1 aromatic heterocycles. The lowest BCUT2D eigenvalue weighted by Gasteiger charge is -1.96. The first-order valence-electron chi connectivity index (χ1n) is 4.21. The standard InChI is InChI=1S/C10H8N2O2/c13-10(14)7-12-6-5-8-3-1-2-4-9(8)11-12/h1-6H,7H2. The van der Waals surface area contributed by atoms with Crippen LogP contribution >= 0.6 is 0 Å². The highest BCUT2D eigenvalue weighted by atomic mass is 16.4. The van der Waals surface area contributed by atoms with E-state index in [9.17, 15) is 9.90 Å². The Morgan fingerprint density at radius 1 is 1.36 bits per heavy atom. The molecule has 4 heteroatoms. The predicted octanol–water partition coefficient (Wildman–Crippen LogP) is -0.728. The van der Waals surface area contributed by atoms with E-state index in [0.717, 1.165) is 10.9 Å². The molecule has 0 amide bonds. The molecule has 0 N–H and O–H groups in total. The molecule has 4 nitrogen and oxygen atoms in total. The van der Waals surface area contributed by atoms with Crippen molar-refractivity contribution in [3.8, 4) is 0 Å². The van der Waals surface area contributed by atoms with Crippen LogP contribution in [0.5, 0.6) is 0 Å². The van der Waals surface area contributed by atoms with E-state index in [-0.39, 0.29) is 6.54 Å². The lowest BCUT2D eigenvalue weighted by atomic mass is 10.2. The van der Waals surface area contributed by atoms with E-state index < -0.39 is 5.97 Å². The van der Waals surface area contributed by atoms with Gasteiger partial charge in [0, 0.05) is 16.6 Å². The minimum absolute atomic E-state index is 0.217. The molecular weight excluding hydrogens is 180 g/mol. The number of hydrogen-bond donors (Lipinski definition) is 0. The van der Waals surface area contributed by atoms with Crippen molar-refractivity contribution in [2.24, 2.45) is 0 Å². The highest BCUT2D eigenvalue weighted by Gasteiger charge is 2.03. The second-order valence-electron chi connectivity index (χ2n) is 2.94. The van der Waals surface area contributed by atoms with Gasteiger partial charge in [0.2, 0.25) is 6.54 Å². The second-order valence-corrected chi connectivity index (χ2v) is 2.94. The minimum atomic E-state index is -1.14. The highest BCUT2D eigenvalue weighted by Crippen LogP contribution is 2.06. The van der Waals surface area contributed by atoms with Gasteiger partial charge in [-0.2, -0.15) is 0 Å². The van der Waals surface area contributed by atoms with Gasteiger partial charge in [-0.25, -0.2) is 0 Å². The number of benzene rings is 1. The Kier molecular flexibility index (Phi) is 2.10. The van der Waals surface area contributed by atoms with Crippen molar-refractivity contribution < 1.29 is 14.6 Å². The Hall–Kier alpha value is -1.97. The molecule has 0 fully saturated rings. The summed E-state index contributed by atoms with van der Waals surface area (Å²) in [5.74, 6) is -1.14. The van der Waals surface area contributed by atoms with Crippen molar-refractivity contribution in [1.82, 2.24) is 5.10 Å². The monoisotopic (exact) mass is 188 g/mol. The summed E-state index contributed by atoms with van der Waals surface area (Å²) in [5.41, 5.74) is 0.774. The van der Waals surface area contributed by atoms with Crippen LogP contribution in [0, 0.1) is 0 Å². The molecule has 0 saturated heterocycles. The van der Waals surface area contributed by atoms with E-state index in [4.69, 9.17) is 0 Å². The summed E-state index contributed by atoms with van der Waals surface area (Å²) in [6, 6.07) is 9.35. The second kappa shape index (κ2) is 3.41. The Bertz CT molecular complexity index is 482. The first-order chi connectivity index (χ1) is 6.75. The molecule has 1 heterocycles. The van der Waals surface area contributed by atoms with Gasteiger partial charge in [-0.3, -0.25) is 0 Å². The fourth-order valence-corrected chi connectivity index (χ4v) is 1.28. The number of carbonyl (C=O) groups excluding carboxylic acids is 1. The summed E-state index contributed by atoms with van der Waals surface area (Å²) in [6.07, 6.45) is 1.62. The maximum Gasteiger partial charge on any atom is 0.213 e. The van der Waals surface area contributed by atoms with Gasteiger partial charge >= 0.3 is 0 Å². The van der Waals surface area contributed by atoms with Crippen LogP contribution in [0.4, 0.5) is 0 Å². The molecule has 0 bridgehead atoms. The summed E-state index contributed by atoms with van der Waals surface area (Å²) in [4.78, 5) is 10.3. The summed E-state index contributed by atoms with van der Waals surface area (Å²) < 4.78 is 1.34. The van der Waals surface area contributed by atoms with Gasteiger partial charge in [0.05, 0.1) is 0 Å². The van der Waals surface area contributed by atoms with Crippen molar-refractivity contribution in [3.05, 3.63) is 36.5 Å². The number of hydrogen-bond acceptors (Lipinski definition) is 3. The van der Waals surface area contributed by atoms with Crippen LogP contribution in [0.3, 0.4) is 0 Å². The maximum atomic E-state index is 10.3. The quantitative estimate of drug-likeness (QED) is 0.584. The number of carboxylic acids is 1. The van der Waals surface area contributed by atoms with Gasteiger partial charge in [-0.15, -0.1) is 0 Å². The van der Waals surface area contributed by atoms with Crippen LogP contribution in [0.1, 0.15) is 0 Å². The van der Waals surface area contributed by atoms with Crippen molar-refractivity contribution >= 4 is 16.9 Å². The molecule has 0 radical (unpaired) electrons. The first kappa shape index (κ1) is 8.62. The molecule has 2 rings (SSSR count). The van der Waals surface area contributed by atoms with Crippen LogP contribution in [-0.4, -0.2) is 11.1 Å². The Balaban J connectivity index is 2.46. The number of carbonyl (C=O) groups is 1. The number of rotatable bonds is 2. The topological polar surface area (TPSA) is 56.9 Å². The summed E-state index contributed by atoms with van der Waals surface area (Å²) >= 11 is 0. The molecule has 0 spiro atoms. The minimum Gasteiger partial charge on any atom is -0.544 e. The fourth-order valence-electron chi connectivity index (χ4n) is 1.28. The van der Waals surface area contributed by atoms with Crippen LogP contribution < -0.4 is 9.79 Å². The first-order valence-corrected chi connectivity index (χ1v) is 4.21. The van der Waals surface area contributed by atoms with E-state index in [2.05, 4.69) is 5.10 Å². The maximum absolute atomic E-state index is 10.3. The molecule has 0 aliphatic heterocycles. The van der Waals surface area contributed by atoms with Crippen LogP contribution in [0.15, 0.2) is 36.5 Å². The molecule has 2 aromatic rings. The van der Waals surface area contributed by atoms with Crippen molar-refractivity contribution in [3.63, 3.8) is 0 Å². The predicted molar refractivity (Wildman–Crippen MR) is 46.9 cm³/mol. The summed E-state index contributed by atoms with van der Waals surface area (Å²) in [6.45, 7) is -0.217. The molecular formula is C10H8N2O2. The Morgan fingerprint density at radius 2 is 2.14 bits per heavy atom. The molecule has 0 atom stereocenters. The third-order valence-electron chi connectivity index (χ3n) is 1.89. The third kappa shape index (κ3) is 1.69. The zero-order valence-corrected chi connectivity index (χ0v) is 7.38. The van der Waals surface area contributed by atoms with E-state index in [1.807, 2.05) is 30.3 Å². The molecule has 0 unspecified atom stereocenters. The summed E-state index contributed by atoms with van der Waals surface area (Å²) in [5, 5.41) is 15.4. The Labute approximate surface area is 80.4 Å². The van der Waals surface area contributed by atoms with Crippen LogP contribution in [-0.2, 0) is 11.3 Å². The van der Waals surface area contributed by atoms with E-state index in [1.54, 1.807) is 6.20 Å². The summed E-state index contributed by atoms with van der Waals surface area (Å²) in [7, 11) is 0. The lowest BCUT2D eigenvalue weighted by Crippen LogP contribution is -2.46. The smallest absolute Gasteiger partial charge is 0.213 e. The average molecular weight is 188 g/mol.